The van der Waals surface area contributed by atoms with Crippen LogP contribution in [0.15, 0.2) is 222 Å². The first-order valence-electron chi connectivity index (χ1n) is 22.6. The van der Waals surface area contributed by atoms with Crippen molar-refractivity contribution >= 4 is 49.5 Å². The standard InChI is InChI=1S/C61H47N3O/c1-39-19-7-12-29-52(39)61(53-30-13-8-24-47(53)48-25-9-14-31-54(48)61)44-35-36-56-51(38-44)49-26-10-15-32-55(49)64(56)45-23-17-22-43(37-45)40(2)62-60(42-20-5-4-6-21-42)63-41(3)46-28-18-34-58-59(46)50-27-11-16-33-57(50)65-58/h4-38,40,60,62H,1-3H3/b63-41+. The Morgan fingerprint density at radius 2 is 1.15 bits per heavy atom. The first kappa shape index (κ1) is 38.9. The molecule has 1 aliphatic carbocycles. The van der Waals surface area contributed by atoms with Gasteiger partial charge in [-0.2, -0.15) is 0 Å². The number of aryl methyl sites for hydroxylation is 1. The number of nitrogens with zero attached hydrogens (tertiary/aromatic N) is 2. The number of fused-ring (bicyclic) bond motifs is 9. The molecule has 1 aliphatic rings. The number of nitrogens with one attached hydrogen (secondary N) is 1. The van der Waals surface area contributed by atoms with E-state index in [-0.39, 0.29) is 12.2 Å². The summed E-state index contributed by atoms with van der Waals surface area (Å²) in [7, 11) is 0. The highest BCUT2D eigenvalue weighted by Gasteiger charge is 2.46. The Bertz CT molecular complexity index is 3600. The molecule has 0 saturated heterocycles. The first-order valence-corrected chi connectivity index (χ1v) is 22.6. The predicted octanol–water partition coefficient (Wildman–Crippen LogP) is 15.2. The van der Waals surface area contributed by atoms with Gasteiger partial charge in [-0.05, 0) is 113 Å². The lowest BCUT2D eigenvalue weighted by Gasteiger charge is -2.35. The fourth-order valence-electron chi connectivity index (χ4n) is 10.9. The van der Waals surface area contributed by atoms with Crippen LogP contribution >= 0.6 is 0 Å². The van der Waals surface area contributed by atoms with Crippen LogP contribution in [-0.2, 0) is 5.41 Å². The second-order valence-electron chi connectivity index (χ2n) is 17.5. The maximum atomic E-state index is 6.26. The molecule has 0 aliphatic heterocycles. The summed E-state index contributed by atoms with van der Waals surface area (Å²) in [6.45, 7) is 6.61. The van der Waals surface area contributed by atoms with Crippen LogP contribution in [0.2, 0.25) is 0 Å². The molecular weight excluding hydrogens is 791 g/mol. The SMILES string of the molecule is C/C(=N\C(NC(C)c1cccc(-n2c3ccccc3c3cc(C4(c5ccccc5C)c5ccccc5-c5ccccc54)ccc32)c1)c1ccccc1)c1cccc2oc3ccccc3c12. The number of benzene rings is 9. The van der Waals surface area contributed by atoms with Crippen molar-refractivity contribution in [2.75, 3.05) is 0 Å². The Morgan fingerprint density at radius 1 is 0.538 bits per heavy atom. The van der Waals surface area contributed by atoms with Crippen LogP contribution in [0, 0.1) is 6.92 Å². The zero-order valence-corrected chi connectivity index (χ0v) is 36.7. The molecule has 0 bridgehead atoms. The number of para-hydroxylation sites is 2. The Balaban J connectivity index is 0.962. The van der Waals surface area contributed by atoms with Gasteiger partial charge in [0.15, 0.2) is 0 Å². The zero-order chi connectivity index (χ0) is 43.6. The number of furan rings is 1. The van der Waals surface area contributed by atoms with Crippen molar-refractivity contribution in [1.82, 2.24) is 9.88 Å². The van der Waals surface area contributed by atoms with Crippen LogP contribution in [0.25, 0.3) is 60.6 Å². The van der Waals surface area contributed by atoms with E-state index < -0.39 is 5.41 Å². The Hall–Kier alpha value is -7.79. The van der Waals surface area contributed by atoms with Gasteiger partial charge in [0.2, 0.25) is 0 Å². The largest absolute Gasteiger partial charge is 0.456 e. The van der Waals surface area contributed by atoms with Crippen LogP contribution in [0.3, 0.4) is 0 Å². The van der Waals surface area contributed by atoms with Crippen molar-refractivity contribution in [3.05, 3.63) is 257 Å². The van der Waals surface area contributed by atoms with Gasteiger partial charge < -0.3 is 8.98 Å². The molecule has 0 radical (unpaired) electrons. The maximum absolute atomic E-state index is 6.26. The van der Waals surface area contributed by atoms with Crippen molar-refractivity contribution in [3.8, 4) is 16.8 Å². The second kappa shape index (κ2) is 15.5. The van der Waals surface area contributed by atoms with Crippen molar-refractivity contribution in [2.24, 2.45) is 4.99 Å². The number of hydrogen-bond acceptors (Lipinski definition) is 3. The third-order valence-corrected chi connectivity index (χ3v) is 13.9. The average molecular weight is 838 g/mol. The number of aromatic nitrogens is 1. The third-order valence-electron chi connectivity index (χ3n) is 13.9. The third kappa shape index (κ3) is 6.13. The highest BCUT2D eigenvalue weighted by Crippen LogP contribution is 2.57. The molecule has 0 fully saturated rings. The molecule has 0 spiro atoms. The van der Waals surface area contributed by atoms with E-state index in [1.54, 1.807) is 0 Å². The Labute approximate surface area is 379 Å². The molecule has 2 aromatic heterocycles. The summed E-state index contributed by atoms with van der Waals surface area (Å²) in [6.07, 6.45) is -0.290. The molecule has 65 heavy (non-hydrogen) atoms. The highest BCUT2D eigenvalue weighted by molar-refractivity contribution is 6.18. The van der Waals surface area contributed by atoms with Gasteiger partial charge >= 0.3 is 0 Å². The fraction of sp³-hybridized carbons (Fsp3) is 0.0984. The van der Waals surface area contributed by atoms with Gasteiger partial charge in [0, 0.05) is 44.5 Å². The summed E-state index contributed by atoms with van der Waals surface area (Å²) in [5.41, 5.74) is 18.2. The monoisotopic (exact) mass is 837 g/mol. The molecule has 0 saturated carbocycles. The topological polar surface area (TPSA) is 42.5 Å². The zero-order valence-electron chi connectivity index (χ0n) is 36.7. The van der Waals surface area contributed by atoms with Gasteiger partial charge in [0.1, 0.15) is 17.3 Å². The molecule has 0 amide bonds. The second-order valence-corrected chi connectivity index (χ2v) is 17.5. The van der Waals surface area contributed by atoms with Gasteiger partial charge in [-0.25, -0.2) is 0 Å². The fourth-order valence-corrected chi connectivity index (χ4v) is 10.9. The quantitative estimate of drug-likeness (QED) is 0.147. The van der Waals surface area contributed by atoms with Gasteiger partial charge in [-0.3, -0.25) is 10.3 Å². The van der Waals surface area contributed by atoms with E-state index in [2.05, 4.69) is 225 Å². The minimum Gasteiger partial charge on any atom is -0.456 e. The summed E-state index contributed by atoms with van der Waals surface area (Å²) >= 11 is 0. The van der Waals surface area contributed by atoms with Crippen molar-refractivity contribution in [2.45, 2.75) is 38.4 Å². The summed E-state index contributed by atoms with van der Waals surface area (Å²) in [6, 6.07) is 77.0. The van der Waals surface area contributed by atoms with E-state index in [1.807, 2.05) is 18.2 Å². The maximum Gasteiger partial charge on any atom is 0.136 e. The molecule has 4 heteroatoms. The minimum atomic E-state index is -0.480. The lowest BCUT2D eigenvalue weighted by molar-refractivity contribution is 0.481. The van der Waals surface area contributed by atoms with E-state index in [4.69, 9.17) is 9.41 Å². The number of aliphatic imine (C=N–C) groups is 1. The molecule has 12 rings (SSSR count). The number of hydrogen-bond donors (Lipinski definition) is 1. The van der Waals surface area contributed by atoms with E-state index >= 15 is 0 Å². The lowest BCUT2D eigenvalue weighted by Crippen LogP contribution is -2.29. The van der Waals surface area contributed by atoms with E-state index in [9.17, 15) is 0 Å². The van der Waals surface area contributed by atoms with Crippen molar-refractivity contribution in [1.29, 1.82) is 0 Å². The summed E-state index contributed by atoms with van der Waals surface area (Å²) in [5, 5.41) is 8.60. The van der Waals surface area contributed by atoms with E-state index in [0.717, 1.165) is 44.5 Å². The molecule has 1 N–H and O–H groups in total. The highest BCUT2D eigenvalue weighted by atomic mass is 16.3. The first-order chi connectivity index (χ1) is 32.0. The minimum absolute atomic E-state index is 0.0292. The smallest absolute Gasteiger partial charge is 0.136 e. The molecule has 11 aromatic rings. The summed E-state index contributed by atoms with van der Waals surface area (Å²) < 4.78 is 8.70. The number of rotatable bonds is 9. The van der Waals surface area contributed by atoms with Crippen LogP contribution < -0.4 is 5.32 Å². The van der Waals surface area contributed by atoms with Gasteiger partial charge in [0.25, 0.3) is 0 Å². The molecule has 2 atom stereocenters. The summed E-state index contributed by atoms with van der Waals surface area (Å²) in [4.78, 5) is 5.43. The van der Waals surface area contributed by atoms with Crippen molar-refractivity contribution < 1.29 is 4.42 Å². The Kier molecular flexibility index (Phi) is 9.25. The van der Waals surface area contributed by atoms with Gasteiger partial charge in [0.05, 0.1) is 16.4 Å². The van der Waals surface area contributed by atoms with Crippen LogP contribution in [0.4, 0.5) is 0 Å². The normalized spacial score (nSPS) is 14.2. The molecule has 2 unspecified atom stereocenters. The van der Waals surface area contributed by atoms with Crippen molar-refractivity contribution in [3.63, 3.8) is 0 Å². The lowest BCUT2D eigenvalue weighted by atomic mass is 9.66. The molecule has 4 nitrogen and oxygen atoms in total. The van der Waals surface area contributed by atoms with Crippen LogP contribution in [-0.4, -0.2) is 10.3 Å². The van der Waals surface area contributed by atoms with E-state index in [0.29, 0.717) is 0 Å². The molecule has 2 heterocycles. The molecule has 312 valence electrons. The van der Waals surface area contributed by atoms with Crippen LogP contribution in [0.1, 0.15) is 70.6 Å². The molecule has 9 aromatic carbocycles. The Morgan fingerprint density at radius 3 is 1.94 bits per heavy atom. The summed E-state index contributed by atoms with van der Waals surface area (Å²) in [5.74, 6) is 0. The average Bonchev–Trinajstić information content (AvgIpc) is 4.01. The van der Waals surface area contributed by atoms with Gasteiger partial charge in [-0.1, -0.05) is 170 Å². The van der Waals surface area contributed by atoms with Gasteiger partial charge in [-0.15, -0.1) is 0 Å². The molecular formula is C61H47N3O. The van der Waals surface area contributed by atoms with E-state index in [1.165, 1.54) is 66.3 Å². The predicted molar refractivity (Wildman–Crippen MR) is 269 cm³/mol. The van der Waals surface area contributed by atoms with Crippen LogP contribution in [0.5, 0.6) is 0 Å².